The number of sulfonamides is 1. The molecule has 0 bridgehead atoms. The lowest BCUT2D eigenvalue weighted by Gasteiger charge is -2.34. The van der Waals surface area contributed by atoms with E-state index in [9.17, 15) is 8.42 Å². The van der Waals surface area contributed by atoms with E-state index in [1.165, 1.54) is 34.9 Å². The number of nitrogens with zero attached hydrogens (tertiary/aromatic N) is 4. The third-order valence-electron chi connectivity index (χ3n) is 5.87. The van der Waals surface area contributed by atoms with Gasteiger partial charge in [0.15, 0.2) is 0 Å². The van der Waals surface area contributed by atoms with Crippen molar-refractivity contribution in [1.82, 2.24) is 14.3 Å². The Morgan fingerprint density at radius 1 is 1.11 bits per heavy atom. The van der Waals surface area contributed by atoms with Gasteiger partial charge in [0.2, 0.25) is 10.0 Å². The first kappa shape index (κ1) is 19.1. The van der Waals surface area contributed by atoms with E-state index in [0.717, 1.165) is 35.7 Å². The molecule has 0 amide bonds. The molecule has 0 N–H and O–H groups in total. The third-order valence-corrected chi connectivity index (χ3v) is 8.36. The number of fused-ring (bicyclic) bond motifs is 3. The van der Waals surface area contributed by atoms with Crippen molar-refractivity contribution in [2.24, 2.45) is 0 Å². The molecule has 0 saturated carbocycles. The summed E-state index contributed by atoms with van der Waals surface area (Å²) in [7, 11) is -3.13. The van der Waals surface area contributed by atoms with Crippen molar-refractivity contribution in [1.29, 1.82) is 0 Å². The van der Waals surface area contributed by atoms with Gasteiger partial charge in [0.25, 0.3) is 0 Å². The fourth-order valence-corrected chi connectivity index (χ4v) is 6.11. The number of aromatic nitrogens is 2. The van der Waals surface area contributed by atoms with Gasteiger partial charge < -0.3 is 4.90 Å². The van der Waals surface area contributed by atoms with E-state index in [0.29, 0.717) is 32.1 Å². The van der Waals surface area contributed by atoms with Gasteiger partial charge in [0.05, 0.1) is 11.6 Å². The number of anilines is 1. The average molecular weight is 409 g/mol. The summed E-state index contributed by atoms with van der Waals surface area (Å²) in [6.45, 7) is 6.76. The fourth-order valence-electron chi connectivity index (χ4n) is 4.02. The van der Waals surface area contributed by atoms with Gasteiger partial charge in [-0.25, -0.2) is 18.4 Å². The molecule has 2 aromatic rings. The highest BCUT2D eigenvalue weighted by atomic mass is 32.2. The summed E-state index contributed by atoms with van der Waals surface area (Å²) in [5.41, 5.74) is 1.44. The molecule has 3 heterocycles. The van der Waals surface area contributed by atoms with Crippen LogP contribution in [0.2, 0.25) is 0 Å². The van der Waals surface area contributed by atoms with Gasteiger partial charge in [0, 0.05) is 37.0 Å². The summed E-state index contributed by atoms with van der Waals surface area (Å²) in [5, 5.41) is 1.23. The molecule has 0 spiro atoms. The standard InChI is InChI=1S/C19H28N4O2S2/c1-4-13(2)17-20-18(22-9-11-23(12-10-22)27(3,24)25)16-14-7-5-6-8-15(14)26-19(16)21-17/h13H,4-12H2,1-3H3/t13-/m0/s1. The van der Waals surface area contributed by atoms with E-state index in [1.54, 1.807) is 4.31 Å². The Morgan fingerprint density at radius 3 is 2.48 bits per heavy atom. The number of aryl methyl sites for hydroxylation is 2. The normalized spacial score (nSPS) is 20.0. The molecule has 0 unspecified atom stereocenters. The zero-order valence-corrected chi connectivity index (χ0v) is 18.0. The first-order valence-corrected chi connectivity index (χ1v) is 12.6. The minimum absolute atomic E-state index is 0.324. The summed E-state index contributed by atoms with van der Waals surface area (Å²) >= 11 is 1.84. The molecular weight excluding hydrogens is 380 g/mol. The number of rotatable bonds is 4. The Balaban J connectivity index is 1.77. The molecule has 0 radical (unpaired) electrons. The molecule has 1 atom stereocenters. The number of piperazine rings is 1. The van der Waals surface area contributed by atoms with Gasteiger partial charge in [-0.1, -0.05) is 13.8 Å². The molecule has 2 aliphatic rings. The first-order valence-electron chi connectivity index (χ1n) is 9.90. The minimum atomic E-state index is -3.13. The quantitative estimate of drug-likeness (QED) is 0.777. The van der Waals surface area contributed by atoms with Crippen molar-refractivity contribution in [3.63, 3.8) is 0 Å². The second kappa shape index (κ2) is 7.29. The molecule has 1 aliphatic heterocycles. The second-order valence-corrected chi connectivity index (χ2v) is 10.8. The number of hydrogen-bond donors (Lipinski definition) is 0. The van der Waals surface area contributed by atoms with Gasteiger partial charge in [0.1, 0.15) is 16.5 Å². The second-order valence-electron chi connectivity index (χ2n) is 7.75. The third kappa shape index (κ3) is 3.59. The largest absolute Gasteiger partial charge is 0.353 e. The molecule has 1 saturated heterocycles. The molecule has 1 aliphatic carbocycles. The SMILES string of the molecule is CC[C@H](C)c1nc(N2CCN(S(C)(=O)=O)CC2)c2c3c(sc2n1)CCCC3. The van der Waals surface area contributed by atoms with Crippen molar-refractivity contribution in [2.75, 3.05) is 37.3 Å². The highest BCUT2D eigenvalue weighted by Crippen LogP contribution is 2.40. The van der Waals surface area contributed by atoms with Crippen LogP contribution in [0.25, 0.3) is 10.2 Å². The van der Waals surface area contributed by atoms with E-state index in [4.69, 9.17) is 9.97 Å². The maximum absolute atomic E-state index is 11.9. The lowest BCUT2D eigenvalue weighted by molar-refractivity contribution is 0.387. The topological polar surface area (TPSA) is 66.4 Å². The van der Waals surface area contributed by atoms with Gasteiger partial charge in [-0.3, -0.25) is 0 Å². The van der Waals surface area contributed by atoms with Crippen molar-refractivity contribution in [3.05, 3.63) is 16.3 Å². The van der Waals surface area contributed by atoms with Gasteiger partial charge in [-0.2, -0.15) is 4.31 Å². The molecule has 1 fully saturated rings. The van der Waals surface area contributed by atoms with E-state index in [-0.39, 0.29) is 0 Å². The van der Waals surface area contributed by atoms with Crippen LogP contribution in [-0.2, 0) is 22.9 Å². The van der Waals surface area contributed by atoms with E-state index in [1.807, 2.05) is 11.3 Å². The van der Waals surface area contributed by atoms with Crippen molar-refractivity contribution < 1.29 is 8.42 Å². The van der Waals surface area contributed by atoms with Crippen LogP contribution in [-0.4, -0.2) is 55.1 Å². The zero-order valence-electron chi connectivity index (χ0n) is 16.4. The van der Waals surface area contributed by atoms with E-state index < -0.39 is 10.0 Å². The molecule has 2 aromatic heterocycles. The van der Waals surface area contributed by atoms with Crippen LogP contribution in [0.3, 0.4) is 0 Å². The Morgan fingerprint density at radius 2 is 1.81 bits per heavy atom. The van der Waals surface area contributed by atoms with Crippen LogP contribution in [0.1, 0.15) is 55.3 Å². The van der Waals surface area contributed by atoms with E-state index >= 15 is 0 Å². The molecule has 4 rings (SSSR count). The van der Waals surface area contributed by atoms with Crippen LogP contribution < -0.4 is 4.90 Å². The maximum Gasteiger partial charge on any atom is 0.211 e. The minimum Gasteiger partial charge on any atom is -0.353 e. The van der Waals surface area contributed by atoms with Crippen molar-refractivity contribution in [3.8, 4) is 0 Å². The summed E-state index contributed by atoms with van der Waals surface area (Å²) in [4.78, 5) is 14.8. The number of thiophene rings is 1. The van der Waals surface area contributed by atoms with Gasteiger partial charge >= 0.3 is 0 Å². The monoisotopic (exact) mass is 408 g/mol. The van der Waals surface area contributed by atoms with Gasteiger partial charge in [-0.15, -0.1) is 11.3 Å². The van der Waals surface area contributed by atoms with Crippen LogP contribution in [0.15, 0.2) is 0 Å². The lowest BCUT2D eigenvalue weighted by Crippen LogP contribution is -2.48. The highest BCUT2D eigenvalue weighted by Gasteiger charge is 2.28. The van der Waals surface area contributed by atoms with Crippen LogP contribution >= 0.6 is 11.3 Å². The number of hydrogen-bond acceptors (Lipinski definition) is 6. The van der Waals surface area contributed by atoms with E-state index in [2.05, 4.69) is 18.7 Å². The zero-order chi connectivity index (χ0) is 19.2. The Labute approximate surface area is 165 Å². The molecule has 6 nitrogen and oxygen atoms in total. The highest BCUT2D eigenvalue weighted by molar-refractivity contribution is 7.88. The summed E-state index contributed by atoms with van der Waals surface area (Å²) in [6, 6.07) is 0. The smallest absolute Gasteiger partial charge is 0.211 e. The lowest BCUT2D eigenvalue weighted by atomic mass is 9.96. The van der Waals surface area contributed by atoms with Gasteiger partial charge in [-0.05, 0) is 37.7 Å². The molecule has 0 aromatic carbocycles. The average Bonchev–Trinajstić information content (AvgIpc) is 3.04. The fraction of sp³-hybridized carbons (Fsp3) is 0.684. The van der Waals surface area contributed by atoms with Crippen molar-refractivity contribution >= 4 is 37.4 Å². The first-order chi connectivity index (χ1) is 12.9. The summed E-state index contributed by atoms with van der Waals surface area (Å²) in [6.07, 6.45) is 7.05. The molecule has 148 valence electrons. The van der Waals surface area contributed by atoms with Crippen molar-refractivity contribution in [2.45, 2.75) is 51.9 Å². The Kier molecular flexibility index (Phi) is 5.16. The van der Waals surface area contributed by atoms with Crippen LogP contribution in [0.4, 0.5) is 5.82 Å². The summed E-state index contributed by atoms with van der Waals surface area (Å²) in [5.74, 6) is 2.27. The predicted molar refractivity (Wildman–Crippen MR) is 111 cm³/mol. The Bertz CT molecular complexity index is 946. The molecule has 8 heteroatoms. The molecule has 27 heavy (non-hydrogen) atoms. The van der Waals surface area contributed by atoms with Crippen LogP contribution in [0.5, 0.6) is 0 Å². The van der Waals surface area contributed by atoms with Crippen LogP contribution in [0, 0.1) is 0 Å². The maximum atomic E-state index is 11.9. The Hall–Kier alpha value is -1.25. The predicted octanol–water partition coefficient (Wildman–Crippen LogP) is 3.17. The molecular formula is C19H28N4O2S2. The summed E-state index contributed by atoms with van der Waals surface area (Å²) < 4.78 is 25.3.